The molecule has 0 aliphatic heterocycles. The van der Waals surface area contributed by atoms with Gasteiger partial charge in [0.25, 0.3) is 0 Å². The Bertz CT molecular complexity index is 93.9. The predicted molar refractivity (Wildman–Crippen MR) is 42.6 cm³/mol. The average Bonchev–Trinajstić information content (AvgIpc) is 1.97. The fraction of sp³-hybridized carbons (Fsp3) is 0.875. The number of hydrogen-bond donors (Lipinski definition) is 1. The Morgan fingerprint density at radius 2 is 2.10 bits per heavy atom. The second-order valence-corrected chi connectivity index (χ2v) is 2.37. The maximum absolute atomic E-state index is 8.20. The highest BCUT2D eigenvalue weighted by molar-refractivity contribution is 4.68. The number of rotatable bonds is 6. The molecule has 2 heteroatoms. The van der Waals surface area contributed by atoms with Gasteiger partial charge in [-0.05, 0) is 32.4 Å². The fourth-order valence-electron chi connectivity index (χ4n) is 0.756. The fourth-order valence-corrected chi connectivity index (χ4v) is 0.756. The van der Waals surface area contributed by atoms with Crippen molar-refractivity contribution in [1.82, 2.24) is 5.32 Å². The van der Waals surface area contributed by atoms with Gasteiger partial charge < -0.3 is 5.32 Å². The molecule has 0 aliphatic rings. The molecule has 0 aromatic heterocycles. The summed E-state index contributed by atoms with van der Waals surface area (Å²) in [5, 5.41) is 11.5. The van der Waals surface area contributed by atoms with Gasteiger partial charge in [0, 0.05) is 6.42 Å². The molecule has 10 heavy (non-hydrogen) atoms. The van der Waals surface area contributed by atoms with Crippen molar-refractivity contribution in [1.29, 1.82) is 5.26 Å². The molecule has 0 fully saturated rings. The van der Waals surface area contributed by atoms with Gasteiger partial charge in [-0.25, -0.2) is 0 Å². The summed E-state index contributed by atoms with van der Waals surface area (Å²) in [6.45, 7) is 4.32. The first-order valence-electron chi connectivity index (χ1n) is 3.99. The van der Waals surface area contributed by atoms with Gasteiger partial charge in [-0.15, -0.1) is 0 Å². The molecule has 1 N–H and O–H groups in total. The lowest BCUT2D eigenvalue weighted by Crippen LogP contribution is -2.15. The van der Waals surface area contributed by atoms with Crippen molar-refractivity contribution in [2.24, 2.45) is 0 Å². The minimum absolute atomic E-state index is 0.702. The Morgan fingerprint density at radius 1 is 1.30 bits per heavy atom. The van der Waals surface area contributed by atoms with Crippen LogP contribution >= 0.6 is 0 Å². The van der Waals surface area contributed by atoms with Gasteiger partial charge in [-0.1, -0.05) is 6.92 Å². The second-order valence-electron chi connectivity index (χ2n) is 2.37. The molecule has 2 nitrogen and oxygen atoms in total. The Hall–Kier alpha value is -0.550. The molecule has 0 heterocycles. The standard InChI is InChI=1S/C8H16N2/c1-2-7-10-8-5-3-4-6-9/h10H,2-5,7-8H2,1H3. The minimum atomic E-state index is 0.702. The normalized spacial score (nSPS) is 9.20. The highest BCUT2D eigenvalue weighted by Crippen LogP contribution is 1.90. The van der Waals surface area contributed by atoms with Crippen LogP contribution in [0.1, 0.15) is 32.6 Å². The highest BCUT2D eigenvalue weighted by Gasteiger charge is 1.85. The molecule has 0 radical (unpaired) electrons. The summed E-state index contributed by atoms with van der Waals surface area (Å²) in [7, 11) is 0. The Morgan fingerprint density at radius 3 is 2.70 bits per heavy atom. The third-order valence-electron chi connectivity index (χ3n) is 1.32. The van der Waals surface area contributed by atoms with Gasteiger partial charge in [-0.2, -0.15) is 5.26 Å². The van der Waals surface area contributed by atoms with Crippen LogP contribution in [0.15, 0.2) is 0 Å². The van der Waals surface area contributed by atoms with E-state index in [-0.39, 0.29) is 0 Å². The molecular formula is C8H16N2. The van der Waals surface area contributed by atoms with E-state index < -0.39 is 0 Å². The molecule has 0 aromatic rings. The van der Waals surface area contributed by atoms with E-state index >= 15 is 0 Å². The van der Waals surface area contributed by atoms with Crippen molar-refractivity contribution in [3.05, 3.63) is 0 Å². The van der Waals surface area contributed by atoms with Crippen molar-refractivity contribution < 1.29 is 0 Å². The molecule has 0 amide bonds. The van der Waals surface area contributed by atoms with Gasteiger partial charge in [-0.3, -0.25) is 0 Å². The van der Waals surface area contributed by atoms with Crippen LogP contribution in [0.5, 0.6) is 0 Å². The van der Waals surface area contributed by atoms with Gasteiger partial charge in [0.1, 0.15) is 0 Å². The van der Waals surface area contributed by atoms with Crippen molar-refractivity contribution in [3.8, 4) is 6.07 Å². The quantitative estimate of drug-likeness (QED) is 0.570. The SMILES string of the molecule is CCCNCCCCC#N. The third-order valence-corrected chi connectivity index (χ3v) is 1.32. The van der Waals surface area contributed by atoms with Gasteiger partial charge in [0.2, 0.25) is 0 Å². The van der Waals surface area contributed by atoms with E-state index in [1.165, 1.54) is 6.42 Å². The lowest BCUT2D eigenvalue weighted by molar-refractivity contribution is 0.622. The van der Waals surface area contributed by atoms with Crippen LogP contribution in [0.4, 0.5) is 0 Å². The zero-order valence-electron chi connectivity index (χ0n) is 6.69. The molecule has 0 aliphatic carbocycles. The number of hydrogen-bond acceptors (Lipinski definition) is 2. The Balaban J connectivity index is 2.72. The summed E-state index contributed by atoms with van der Waals surface area (Å²) in [5.74, 6) is 0. The van der Waals surface area contributed by atoms with E-state index in [0.29, 0.717) is 6.42 Å². The predicted octanol–water partition coefficient (Wildman–Crippen LogP) is 1.68. The molecular weight excluding hydrogens is 124 g/mol. The minimum Gasteiger partial charge on any atom is -0.317 e. The van der Waals surface area contributed by atoms with Crippen LogP contribution in [0.25, 0.3) is 0 Å². The second kappa shape index (κ2) is 8.45. The zero-order valence-corrected chi connectivity index (χ0v) is 6.69. The number of unbranched alkanes of at least 4 members (excludes halogenated alkanes) is 2. The van der Waals surface area contributed by atoms with E-state index in [2.05, 4.69) is 18.3 Å². The first-order chi connectivity index (χ1) is 4.91. The summed E-state index contributed by atoms with van der Waals surface area (Å²) >= 11 is 0. The summed E-state index contributed by atoms with van der Waals surface area (Å²) < 4.78 is 0. The largest absolute Gasteiger partial charge is 0.317 e. The van der Waals surface area contributed by atoms with Crippen LogP contribution in [0.2, 0.25) is 0 Å². The summed E-state index contributed by atoms with van der Waals surface area (Å²) in [6, 6.07) is 2.13. The third kappa shape index (κ3) is 7.45. The van der Waals surface area contributed by atoms with Crippen LogP contribution in [-0.2, 0) is 0 Å². The van der Waals surface area contributed by atoms with Crippen molar-refractivity contribution >= 4 is 0 Å². The first-order valence-corrected chi connectivity index (χ1v) is 3.99. The van der Waals surface area contributed by atoms with E-state index in [1.54, 1.807) is 0 Å². The summed E-state index contributed by atoms with van der Waals surface area (Å²) in [4.78, 5) is 0. The number of nitrogens with zero attached hydrogens (tertiary/aromatic N) is 1. The highest BCUT2D eigenvalue weighted by atomic mass is 14.8. The molecule has 0 saturated heterocycles. The topological polar surface area (TPSA) is 35.8 Å². The molecule has 0 rings (SSSR count). The van der Waals surface area contributed by atoms with Crippen LogP contribution in [-0.4, -0.2) is 13.1 Å². The van der Waals surface area contributed by atoms with E-state index in [1.807, 2.05) is 0 Å². The number of nitrogens with one attached hydrogen (secondary N) is 1. The van der Waals surface area contributed by atoms with Gasteiger partial charge in [0.05, 0.1) is 6.07 Å². The van der Waals surface area contributed by atoms with Crippen LogP contribution in [0.3, 0.4) is 0 Å². The monoisotopic (exact) mass is 140 g/mol. The maximum atomic E-state index is 8.20. The summed E-state index contributed by atoms with van der Waals surface area (Å²) in [5.41, 5.74) is 0. The zero-order chi connectivity index (χ0) is 7.66. The van der Waals surface area contributed by atoms with Gasteiger partial charge >= 0.3 is 0 Å². The van der Waals surface area contributed by atoms with E-state index in [4.69, 9.17) is 5.26 Å². The van der Waals surface area contributed by atoms with E-state index in [9.17, 15) is 0 Å². The maximum Gasteiger partial charge on any atom is 0.0621 e. The lowest BCUT2D eigenvalue weighted by Gasteiger charge is -1.99. The molecule has 0 aromatic carbocycles. The van der Waals surface area contributed by atoms with Crippen LogP contribution < -0.4 is 5.32 Å². The molecule has 0 atom stereocenters. The molecule has 0 spiro atoms. The molecule has 0 unspecified atom stereocenters. The first kappa shape index (κ1) is 9.45. The van der Waals surface area contributed by atoms with Crippen molar-refractivity contribution in [3.63, 3.8) is 0 Å². The summed E-state index contributed by atoms with van der Waals surface area (Å²) in [6.07, 6.45) is 4.06. The van der Waals surface area contributed by atoms with Crippen molar-refractivity contribution in [2.45, 2.75) is 32.6 Å². The Kier molecular flexibility index (Phi) is 7.99. The number of nitriles is 1. The molecule has 0 bridgehead atoms. The smallest absolute Gasteiger partial charge is 0.0621 e. The molecule has 58 valence electrons. The molecule has 0 saturated carbocycles. The van der Waals surface area contributed by atoms with Crippen molar-refractivity contribution in [2.75, 3.05) is 13.1 Å². The van der Waals surface area contributed by atoms with Gasteiger partial charge in [0.15, 0.2) is 0 Å². The average molecular weight is 140 g/mol. The lowest BCUT2D eigenvalue weighted by atomic mass is 10.2. The van der Waals surface area contributed by atoms with E-state index in [0.717, 1.165) is 25.9 Å². The van der Waals surface area contributed by atoms with Crippen LogP contribution in [0, 0.1) is 11.3 Å². The Labute approximate surface area is 63.2 Å².